The van der Waals surface area contributed by atoms with Crippen molar-refractivity contribution < 1.29 is 0 Å². The molecule has 0 amide bonds. The molecule has 0 heterocycles. The van der Waals surface area contributed by atoms with Crippen LogP contribution in [0.2, 0.25) is 0 Å². The molecule has 114 valence electrons. The second-order valence-electron chi connectivity index (χ2n) is 6.43. The van der Waals surface area contributed by atoms with E-state index in [2.05, 4.69) is 85.6 Å². The molecule has 0 fully saturated rings. The largest absolute Gasteiger partial charge is 0.345 e. The van der Waals surface area contributed by atoms with Crippen LogP contribution in [0.25, 0.3) is 11.1 Å². The van der Waals surface area contributed by atoms with E-state index >= 15 is 0 Å². The highest BCUT2D eigenvalue weighted by atomic mass is 15.1. The van der Waals surface area contributed by atoms with Gasteiger partial charge in [0.1, 0.15) is 0 Å². The SMILES string of the molecule is Cc1ccc(N(C)c2cccc(-c3ccc4c(c3)CC4)c2)cc1. The van der Waals surface area contributed by atoms with Crippen molar-refractivity contribution in [2.75, 3.05) is 11.9 Å². The van der Waals surface area contributed by atoms with Gasteiger partial charge in [-0.05, 0) is 66.3 Å². The van der Waals surface area contributed by atoms with Gasteiger partial charge in [0.25, 0.3) is 0 Å². The molecule has 4 rings (SSSR count). The van der Waals surface area contributed by atoms with Crippen LogP contribution in [0.3, 0.4) is 0 Å². The molecule has 0 saturated heterocycles. The van der Waals surface area contributed by atoms with Gasteiger partial charge in [0.2, 0.25) is 0 Å². The monoisotopic (exact) mass is 299 g/mol. The molecular weight excluding hydrogens is 278 g/mol. The Balaban J connectivity index is 1.67. The third kappa shape index (κ3) is 2.63. The first-order valence-electron chi connectivity index (χ1n) is 8.23. The van der Waals surface area contributed by atoms with Crippen LogP contribution in [0.15, 0.2) is 66.7 Å². The summed E-state index contributed by atoms with van der Waals surface area (Å²) in [6.45, 7) is 2.12. The van der Waals surface area contributed by atoms with E-state index in [1.807, 2.05) is 0 Å². The molecule has 0 bridgehead atoms. The van der Waals surface area contributed by atoms with Gasteiger partial charge in [-0.2, -0.15) is 0 Å². The van der Waals surface area contributed by atoms with E-state index in [0.717, 1.165) is 0 Å². The van der Waals surface area contributed by atoms with Crippen LogP contribution in [0.1, 0.15) is 16.7 Å². The van der Waals surface area contributed by atoms with Crippen molar-refractivity contribution in [3.05, 3.63) is 83.4 Å². The molecule has 0 N–H and O–H groups in total. The van der Waals surface area contributed by atoms with Crippen molar-refractivity contribution in [3.8, 4) is 11.1 Å². The maximum atomic E-state index is 2.35. The summed E-state index contributed by atoms with van der Waals surface area (Å²) in [6.07, 6.45) is 2.47. The lowest BCUT2D eigenvalue weighted by Gasteiger charge is -2.22. The van der Waals surface area contributed by atoms with Gasteiger partial charge < -0.3 is 4.90 Å². The summed E-state index contributed by atoms with van der Waals surface area (Å²) in [7, 11) is 2.13. The van der Waals surface area contributed by atoms with Gasteiger partial charge in [0.15, 0.2) is 0 Å². The third-order valence-electron chi connectivity index (χ3n) is 4.86. The highest BCUT2D eigenvalue weighted by Gasteiger charge is 2.13. The van der Waals surface area contributed by atoms with Crippen LogP contribution >= 0.6 is 0 Å². The lowest BCUT2D eigenvalue weighted by atomic mass is 9.86. The Morgan fingerprint density at radius 3 is 2.13 bits per heavy atom. The van der Waals surface area contributed by atoms with Gasteiger partial charge in [-0.15, -0.1) is 0 Å². The van der Waals surface area contributed by atoms with Gasteiger partial charge in [-0.1, -0.05) is 48.0 Å². The summed E-state index contributed by atoms with van der Waals surface area (Å²) >= 11 is 0. The maximum Gasteiger partial charge on any atom is 0.0414 e. The van der Waals surface area contributed by atoms with Crippen LogP contribution < -0.4 is 4.90 Å². The molecule has 3 aromatic rings. The second kappa shape index (κ2) is 5.58. The zero-order valence-corrected chi connectivity index (χ0v) is 13.7. The minimum Gasteiger partial charge on any atom is -0.345 e. The first kappa shape index (κ1) is 14.1. The fourth-order valence-electron chi connectivity index (χ4n) is 3.19. The van der Waals surface area contributed by atoms with E-state index in [9.17, 15) is 0 Å². The fourth-order valence-corrected chi connectivity index (χ4v) is 3.19. The summed E-state index contributed by atoms with van der Waals surface area (Å²) in [6, 6.07) is 24.4. The highest BCUT2D eigenvalue weighted by Crippen LogP contribution is 2.32. The van der Waals surface area contributed by atoms with Crippen LogP contribution in [0, 0.1) is 6.92 Å². The average molecular weight is 299 g/mol. The molecule has 0 atom stereocenters. The molecule has 0 aliphatic heterocycles. The van der Waals surface area contributed by atoms with Crippen molar-refractivity contribution in [2.24, 2.45) is 0 Å². The predicted molar refractivity (Wildman–Crippen MR) is 98.5 cm³/mol. The number of hydrogen-bond donors (Lipinski definition) is 0. The lowest BCUT2D eigenvalue weighted by molar-refractivity contribution is 0.840. The summed E-state index contributed by atoms with van der Waals surface area (Å²) < 4.78 is 0. The van der Waals surface area contributed by atoms with E-state index in [1.165, 1.54) is 52.0 Å². The van der Waals surface area contributed by atoms with E-state index in [0.29, 0.717) is 0 Å². The molecular formula is C22H21N. The van der Waals surface area contributed by atoms with Crippen molar-refractivity contribution >= 4 is 11.4 Å². The number of benzene rings is 3. The second-order valence-corrected chi connectivity index (χ2v) is 6.43. The number of anilines is 2. The lowest BCUT2D eigenvalue weighted by Crippen LogP contribution is -2.09. The number of hydrogen-bond acceptors (Lipinski definition) is 1. The molecule has 0 radical (unpaired) electrons. The Kier molecular flexibility index (Phi) is 3.42. The van der Waals surface area contributed by atoms with E-state index in [4.69, 9.17) is 0 Å². The smallest absolute Gasteiger partial charge is 0.0414 e. The molecule has 1 aliphatic rings. The average Bonchev–Trinajstić information content (AvgIpc) is 2.56. The molecule has 1 heteroatoms. The summed E-state index contributed by atoms with van der Waals surface area (Å²) in [5, 5.41) is 0. The molecule has 1 aliphatic carbocycles. The van der Waals surface area contributed by atoms with Gasteiger partial charge in [-0.25, -0.2) is 0 Å². The van der Waals surface area contributed by atoms with Crippen LogP contribution in [0.4, 0.5) is 11.4 Å². The molecule has 3 aromatic carbocycles. The van der Waals surface area contributed by atoms with Gasteiger partial charge >= 0.3 is 0 Å². The minimum atomic E-state index is 1.21. The predicted octanol–water partition coefficient (Wildman–Crippen LogP) is 5.53. The molecule has 1 nitrogen and oxygen atoms in total. The zero-order chi connectivity index (χ0) is 15.8. The molecule has 23 heavy (non-hydrogen) atoms. The summed E-state index contributed by atoms with van der Waals surface area (Å²) in [4.78, 5) is 2.24. The van der Waals surface area contributed by atoms with Gasteiger partial charge in [-0.3, -0.25) is 0 Å². The zero-order valence-electron chi connectivity index (χ0n) is 13.7. The van der Waals surface area contributed by atoms with E-state index < -0.39 is 0 Å². The summed E-state index contributed by atoms with van der Waals surface area (Å²) in [5.74, 6) is 0. The maximum absolute atomic E-state index is 2.35. The number of fused-ring (bicyclic) bond motifs is 1. The first-order chi connectivity index (χ1) is 11.2. The van der Waals surface area contributed by atoms with Gasteiger partial charge in [0, 0.05) is 18.4 Å². The van der Waals surface area contributed by atoms with Crippen LogP contribution in [-0.2, 0) is 12.8 Å². The van der Waals surface area contributed by atoms with Crippen molar-refractivity contribution in [2.45, 2.75) is 19.8 Å². The quantitative estimate of drug-likeness (QED) is 0.614. The third-order valence-corrected chi connectivity index (χ3v) is 4.86. The molecule has 0 unspecified atom stereocenters. The van der Waals surface area contributed by atoms with E-state index in [-0.39, 0.29) is 0 Å². The fraction of sp³-hybridized carbons (Fsp3) is 0.182. The van der Waals surface area contributed by atoms with Crippen LogP contribution in [0.5, 0.6) is 0 Å². The van der Waals surface area contributed by atoms with Crippen molar-refractivity contribution in [1.82, 2.24) is 0 Å². The van der Waals surface area contributed by atoms with E-state index in [1.54, 1.807) is 0 Å². The topological polar surface area (TPSA) is 3.24 Å². The number of nitrogens with zero attached hydrogens (tertiary/aromatic N) is 1. The highest BCUT2D eigenvalue weighted by molar-refractivity contribution is 5.73. The molecule has 0 aromatic heterocycles. The Morgan fingerprint density at radius 2 is 1.43 bits per heavy atom. The summed E-state index contributed by atoms with van der Waals surface area (Å²) in [5.41, 5.74) is 9.36. The van der Waals surface area contributed by atoms with Crippen molar-refractivity contribution in [1.29, 1.82) is 0 Å². The number of rotatable bonds is 3. The Morgan fingerprint density at radius 1 is 0.696 bits per heavy atom. The minimum absolute atomic E-state index is 1.21. The van der Waals surface area contributed by atoms with Gasteiger partial charge in [0.05, 0.1) is 0 Å². The normalized spacial score (nSPS) is 12.4. The Hall–Kier alpha value is -2.54. The molecule has 0 saturated carbocycles. The molecule has 0 spiro atoms. The standard InChI is InChI=1S/C22H21N/c1-16-6-12-21(13-7-16)23(2)22-5-3-4-18(15-22)20-11-9-17-8-10-19(17)14-20/h3-7,9,11-15H,8,10H2,1-2H3. The Bertz CT molecular complexity index is 846. The number of aryl methyl sites for hydroxylation is 3. The van der Waals surface area contributed by atoms with Crippen LogP contribution in [-0.4, -0.2) is 7.05 Å². The Labute approximate surface area is 138 Å². The van der Waals surface area contributed by atoms with Crippen molar-refractivity contribution in [3.63, 3.8) is 0 Å². The first-order valence-corrected chi connectivity index (χ1v) is 8.23.